The molecular formula is C19H20F3N3O2. The number of anilines is 1. The maximum Gasteiger partial charge on any atom is 0.418 e. The fraction of sp³-hybridized carbons (Fsp3) is 0.316. The van der Waals surface area contributed by atoms with Crippen molar-refractivity contribution in [2.75, 3.05) is 5.32 Å². The predicted octanol–water partition coefficient (Wildman–Crippen LogP) is 3.57. The molecule has 2 unspecified atom stereocenters. The molecule has 1 aliphatic heterocycles. The fourth-order valence-corrected chi connectivity index (χ4v) is 3.09. The molecule has 0 spiro atoms. The molecule has 8 heteroatoms. The molecule has 0 aromatic heterocycles. The van der Waals surface area contributed by atoms with Gasteiger partial charge in [0.2, 0.25) is 5.91 Å². The second-order valence-corrected chi connectivity index (χ2v) is 6.66. The number of phenolic OH excluding ortho intramolecular Hbond substituents is 1. The van der Waals surface area contributed by atoms with Crippen molar-refractivity contribution < 1.29 is 23.1 Å². The van der Waals surface area contributed by atoms with Gasteiger partial charge in [0.25, 0.3) is 0 Å². The molecule has 0 radical (unpaired) electrons. The van der Waals surface area contributed by atoms with E-state index in [-0.39, 0.29) is 23.9 Å². The van der Waals surface area contributed by atoms with Gasteiger partial charge in [-0.1, -0.05) is 18.2 Å². The van der Waals surface area contributed by atoms with Gasteiger partial charge in [0.05, 0.1) is 17.3 Å². The van der Waals surface area contributed by atoms with E-state index in [9.17, 15) is 23.1 Å². The van der Waals surface area contributed by atoms with Crippen LogP contribution in [0.25, 0.3) is 0 Å². The topological polar surface area (TPSA) is 73.4 Å². The van der Waals surface area contributed by atoms with Gasteiger partial charge < -0.3 is 10.4 Å². The summed E-state index contributed by atoms with van der Waals surface area (Å²) in [5.74, 6) is -0.467. The summed E-state index contributed by atoms with van der Waals surface area (Å²) >= 11 is 0. The van der Waals surface area contributed by atoms with E-state index in [0.717, 1.165) is 17.2 Å². The van der Waals surface area contributed by atoms with Crippen LogP contribution in [0.2, 0.25) is 0 Å². The number of aromatic hydroxyl groups is 1. The van der Waals surface area contributed by atoms with Gasteiger partial charge in [-0.15, -0.1) is 0 Å². The number of hydrogen-bond donors (Lipinski definition) is 4. The SMILES string of the molecule is Cc1cc(O)c(C2CC(C(=O)Nc3ccccc3C(F)(F)F)NN2)cc1C. The number of carbonyl (C=O) groups excluding carboxylic acids is 1. The summed E-state index contributed by atoms with van der Waals surface area (Å²) < 4.78 is 39.2. The van der Waals surface area contributed by atoms with E-state index >= 15 is 0 Å². The highest BCUT2D eigenvalue weighted by Crippen LogP contribution is 2.35. The Kier molecular flexibility index (Phi) is 5.12. The van der Waals surface area contributed by atoms with Crippen LogP contribution in [0.4, 0.5) is 18.9 Å². The maximum atomic E-state index is 13.1. The van der Waals surface area contributed by atoms with Gasteiger partial charge in [0, 0.05) is 5.56 Å². The molecular weight excluding hydrogens is 359 g/mol. The zero-order chi connectivity index (χ0) is 19.8. The summed E-state index contributed by atoms with van der Waals surface area (Å²) in [6.07, 6.45) is -4.27. The number of phenols is 1. The molecule has 5 nitrogen and oxygen atoms in total. The molecule has 2 aromatic carbocycles. The number of alkyl halides is 3. The number of para-hydroxylation sites is 1. The summed E-state index contributed by atoms with van der Waals surface area (Å²) in [6, 6.07) is 7.26. The van der Waals surface area contributed by atoms with Crippen molar-refractivity contribution in [2.24, 2.45) is 0 Å². The van der Waals surface area contributed by atoms with Crippen LogP contribution in [-0.2, 0) is 11.0 Å². The molecule has 1 heterocycles. The van der Waals surface area contributed by atoms with Crippen molar-refractivity contribution in [3.05, 3.63) is 58.7 Å². The maximum absolute atomic E-state index is 13.1. The molecule has 2 aromatic rings. The first-order valence-electron chi connectivity index (χ1n) is 8.45. The Labute approximate surface area is 154 Å². The standard InChI is InChI=1S/C19H20F3N3O2/c1-10-7-12(17(26)8-11(10)2)15-9-16(25-24-15)18(27)23-14-6-4-3-5-13(14)19(20,21)22/h3-8,15-16,24-26H,9H2,1-2H3,(H,23,27). The number of aryl methyl sites for hydroxylation is 2. The minimum absolute atomic E-state index is 0.112. The first kappa shape index (κ1) is 19.2. The summed E-state index contributed by atoms with van der Waals surface area (Å²) in [5.41, 5.74) is 7.12. The monoisotopic (exact) mass is 379 g/mol. The Morgan fingerprint density at radius 3 is 2.52 bits per heavy atom. The van der Waals surface area contributed by atoms with Gasteiger partial charge in [0.15, 0.2) is 0 Å². The Morgan fingerprint density at radius 1 is 1.15 bits per heavy atom. The molecule has 2 atom stereocenters. The zero-order valence-electron chi connectivity index (χ0n) is 14.8. The van der Waals surface area contributed by atoms with E-state index in [1.807, 2.05) is 19.9 Å². The van der Waals surface area contributed by atoms with Crippen molar-refractivity contribution >= 4 is 11.6 Å². The number of hydrogen-bond acceptors (Lipinski definition) is 4. The normalized spacial score (nSPS) is 19.9. The molecule has 0 bridgehead atoms. The van der Waals surface area contributed by atoms with Crippen LogP contribution in [-0.4, -0.2) is 17.1 Å². The quantitative estimate of drug-likeness (QED) is 0.658. The van der Waals surface area contributed by atoms with E-state index in [2.05, 4.69) is 16.2 Å². The minimum Gasteiger partial charge on any atom is -0.508 e. The first-order valence-corrected chi connectivity index (χ1v) is 8.45. The lowest BCUT2D eigenvalue weighted by Gasteiger charge is -2.16. The highest BCUT2D eigenvalue weighted by molar-refractivity contribution is 5.95. The zero-order valence-corrected chi connectivity index (χ0v) is 14.8. The number of benzene rings is 2. The molecule has 1 aliphatic rings. The molecule has 3 rings (SSSR count). The largest absolute Gasteiger partial charge is 0.508 e. The van der Waals surface area contributed by atoms with Crippen molar-refractivity contribution in [3.8, 4) is 5.75 Å². The Morgan fingerprint density at radius 2 is 1.81 bits per heavy atom. The second-order valence-electron chi connectivity index (χ2n) is 6.66. The minimum atomic E-state index is -4.56. The summed E-state index contributed by atoms with van der Waals surface area (Å²) in [6.45, 7) is 3.80. The highest BCUT2D eigenvalue weighted by atomic mass is 19.4. The average molecular weight is 379 g/mol. The lowest BCUT2D eigenvalue weighted by molar-refractivity contribution is -0.137. The third-order valence-corrected chi connectivity index (χ3v) is 4.73. The second kappa shape index (κ2) is 7.21. The van der Waals surface area contributed by atoms with Crippen LogP contribution < -0.4 is 16.2 Å². The van der Waals surface area contributed by atoms with E-state index in [0.29, 0.717) is 5.56 Å². The van der Waals surface area contributed by atoms with Crippen molar-refractivity contribution in [3.63, 3.8) is 0 Å². The third-order valence-electron chi connectivity index (χ3n) is 4.73. The van der Waals surface area contributed by atoms with E-state index in [1.54, 1.807) is 6.07 Å². The van der Waals surface area contributed by atoms with E-state index < -0.39 is 23.7 Å². The van der Waals surface area contributed by atoms with Crippen LogP contribution in [0.5, 0.6) is 5.75 Å². The number of hydrazine groups is 1. The highest BCUT2D eigenvalue weighted by Gasteiger charge is 2.36. The average Bonchev–Trinajstić information content (AvgIpc) is 3.07. The molecule has 27 heavy (non-hydrogen) atoms. The number of rotatable bonds is 3. The Balaban J connectivity index is 1.73. The summed E-state index contributed by atoms with van der Waals surface area (Å²) in [7, 11) is 0. The van der Waals surface area contributed by atoms with Crippen LogP contribution in [0, 0.1) is 13.8 Å². The first-order chi connectivity index (χ1) is 12.7. The third kappa shape index (κ3) is 4.06. The number of amides is 1. The van der Waals surface area contributed by atoms with Crippen LogP contribution in [0.15, 0.2) is 36.4 Å². The van der Waals surface area contributed by atoms with Gasteiger partial charge >= 0.3 is 6.18 Å². The molecule has 4 N–H and O–H groups in total. The van der Waals surface area contributed by atoms with Gasteiger partial charge in [0.1, 0.15) is 11.8 Å². The predicted molar refractivity (Wildman–Crippen MR) is 95.1 cm³/mol. The molecule has 1 saturated heterocycles. The lowest BCUT2D eigenvalue weighted by atomic mass is 9.96. The molecule has 0 aliphatic carbocycles. The molecule has 144 valence electrons. The Hall–Kier alpha value is -2.58. The number of halogens is 3. The Bertz CT molecular complexity index is 868. The smallest absolute Gasteiger partial charge is 0.418 e. The van der Waals surface area contributed by atoms with E-state index in [4.69, 9.17) is 0 Å². The van der Waals surface area contributed by atoms with Crippen LogP contribution in [0.1, 0.15) is 34.7 Å². The molecule has 1 amide bonds. The van der Waals surface area contributed by atoms with Crippen LogP contribution >= 0.6 is 0 Å². The van der Waals surface area contributed by atoms with Gasteiger partial charge in [-0.3, -0.25) is 4.79 Å². The van der Waals surface area contributed by atoms with Crippen molar-refractivity contribution in [1.82, 2.24) is 10.9 Å². The van der Waals surface area contributed by atoms with Gasteiger partial charge in [-0.25, -0.2) is 10.9 Å². The number of nitrogens with one attached hydrogen (secondary N) is 3. The fourth-order valence-electron chi connectivity index (χ4n) is 3.09. The van der Waals surface area contributed by atoms with Gasteiger partial charge in [-0.05, 0) is 49.6 Å². The van der Waals surface area contributed by atoms with Crippen molar-refractivity contribution in [2.45, 2.75) is 38.5 Å². The number of carbonyl (C=O) groups is 1. The summed E-state index contributed by atoms with van der Waals surface area (Å²) in [4.78, 5) is 12.4. The lowest BCUT2D eigenvalue weighted by Crippen LogP contribution is -2.39. The molecule has 1 fully saturated rings. The van der Waals surface area contributed by atoms with Gasteiger partial charge in [-0.2, -0.15) is 13.2 Å². The molecule has 0 saturated carbocycles. The van der Waals surface area contributed by atoms with Crippen molar-refractivity contribution in [1.29, 1.82) is 0 Å². The van der Waals surface area contributed by atoms with E-state index in [1.165, 1.54) is 18.2 Å². The summed E-state index contributed by atoms with van der Waals surface area (Å²) in [5, 5.41) is 12.5. The van der Waals surface area contributed by atoms with Crippen LogP contribution in [0.3, 0.4) is 0 Å².